The lowest BCUT2D eigenvalue weighted by Gasteiger charge is -2.04. The number of carbonyl (C=O) groups excluding carboxylic acids is 1. The van der Waals surface area contributed by atoms with Gasteiger partial charge in [-0.1, -0.05) is 0 Å². The molecule has 0 spiro atoms. The van der Waals surface area contributed by atoms with Gasteiger partial charge in [-0.25, -0.2) is 9.97 Å². The molecule has 0 aliphatic heterocycles. The van der Waals surface area contributed by atoms with E-state index >= 15 is 0 Å². The number of nitrogens with one attached hydrogen (secondary N) is 3. The first-order valence-electron chi connectivity index (χ1n) is 7.99. The molecule has 0 saturated carbocycles. The highest BCUT2D eigenvalue weighted by molar-refractivity contribution is 5.96. The van der Waals surface area contributed by atoms with Crippen LogP contribution in [-0.4, -0.2) is 47.7 Å². The van der Waals surface area contributed by atoms with E-state index in [0.717, 1.165) is 5.69 Å². The largest absolute Gasteiger partial charge is 0.382 e. The summed E-state index contributed by atoms with van der Waals surface area (Å²) in [4.78, 5) is 24.7. The van der Waals surface area contributed by atoms with E-state index < -0.39 is 5.91 Å². The van der Waals surface area contributed by atoms with Crippen LogP contribution in [0.5, 0.6) is 0 Å². The quantitative estimate of drug-likeness (QED) is 0.484. The van der Waals surface area contributed by atoms with Gasteiger partial charge in [0.05, 0.1) is 23.1 Å². The average molecular weight is 353 g/mol. The molecule has 0 radical (unpaired) electrons. The summed E-state index contributed by atoms with van der Waals surface area (Å²) in [5.74, 6) is 0.220. The van der Waals surface area contributed by atoms with Crippen LogP contribution in [0.2, 0.25) is 0 Å². The van der Waals surface area contributed by atoms with Crippen LogP contribution in [-0.2, 0) is 0 Å². The van der Waals surface area contributed by atoms with E-state index in [1.807, 2.05) is 13.8 Å². The molecule has 3 aromatic rings. The highest BCUT2D eigenvalue weighted by Gasteiger charge is 2.20. The maximum absolute atomic E-state index is 11.7. The fraction of sp³-hybridized carbons (Fsp3) is 0.250. The number of imidazole rings is 1. The van der Waals surface area contributed by atoms with Crippen molar-refractivity contribution in [1.29, 1.82) is 5.41 Å². The Bertz CT molecular complexity index is 1030. The third kappa shape index (κ3) is 3.16. The molecule has 0 unspecified atom stereocenters. The van der Waals surface area contributed by atoms with E-state index in [1.165, 1.54) is 0 Å². The summed E-state index contributed by atoms with van der Waals surface area (Å²) in [6.45, 7) is 6.08. The molecule has 1 amide bonds. The van der Waals surface area contributed by atoms with Crippen molar-refractivity contribution in [3.8, 4) is 11.5 Å². The Morgan fingerprint density at radius 2 is 2.23 bits per heavy atom. The van der Waals surface area contributed by atoms with E-state index in [1.54, 1.807) is 29.8 Å². The molecular formula is C16H19N9O. The molecule has 3 aromatic heterocycles. The first-order chi connectivity index (χ1) is 12.4. The van der Waals surface area contributed by atoms with Crippen LogP contribution >= 0.6 is 0 Å². The third-order valence-electron chi connectivity index (χ3n) is 3.55. The van der Waals surface area contributed by atoms with E-state index in [4.69, 9.17) is 11.1 Å². The lowest BCUT2D eigenvalue weighted by atomic mass is 10.3. The number of hydrogen-bond acceptors (Lipinski definition) is 7. The Hall–Kier alpha value is -3.56. The Labute approximate surface area is 149 Å². The fourth-order valence-electron chi connectivity index (χ4n) is 2.52. The number of hydrogen-bond donors (Lipinski definition) is 4. The number of primary amides is 1. The molecule has 0 bridgehead atoms. The van der Waals surface area contributed by atoms with Crippen LogP contribution in [0, 0.1) is 12.3 Å². The van der Waals surface area contributed by atoms with E-state index in [9.17, 15) is 4.79 Å². The summed E-state index contributed by atoms with van der Waals surface area (Å²) < 4.78 is 1.59. The van der Waals surface area contributed by atoms with Gasteiger partial charge in [0.15, 0.2) is 11.6 Å². The Kier molecular flexibility index (Phi) is 4.48. The zero-order valence-corrected chi connectivity index (χ0v) is 14.7. The fourth-order valence-corrected chi connectivity index (χ4v) is 2.52. The minimum Gasteiger partial charge on any atom is -0.382 e. The van der Waals surface area contributed by atoms with Crippen molar-refractivity contribution in [3.05, 3.63) is 35.8 Å². The summed E-state index contributed by atoms with van der Waals surface area (Å²) in [5.41, 5.74) is 8.16. The first-order valence-corrected chi connectivity index (χ1v) is 7.99. The topological polar surface area (TPSA) is 151 Å². The Balaban J connectivity index is 2.12. The number of rotatable bonds is 6. The molecule has 0 aromatic carbocycles. The molecule has 3 rings (SSSR count). The van der Waals surface area contributed by atoms with Gasteiger partial charge >= 0.3 is 0 Å². The third-order valence-corrected chi connectivity index (χ3v) is 3.55. The lowest BCUT2D eigenvalue weighted by Crippen LogP contribution is -2.15. The second kappa shape index (κ2) is 6.75. The summed E-state index contributed by atoms with van der Waals surface area (Å²) >= 11 is 0. The molecule has 26 heavy (non-hydrogen) atoms. The monoisotopic (exact) mass is 353 g/mol. The van der Waals surface area contributed by atoms with E-state index in [2.05, 4.69) is 30.5 Å². The zero-order chi connectivity index (χ0) is 18.8. The van der Waals surface area contributed by atoms with Crippen molar-refractivity contribution in [2.45, 2.75) is 20.8 Å². The van der Waals surface area contributed by atoms with Gasteiger partial charge < -0.3 is 16.5 Å². The Morgan fingerprint density at radius 3 is 2.88 bits per heavy atom. The van der Waals surface area contributed by atoms with Crippen LogP contribution in [0.1, 0.15) is 36.0 Å². The van der Waals surface area contributed by atoms with Crippen molar-refractivity contribution in [2.24, 2.45) is 5.73 Å². The van der Waals surface area contributed by atoms with Crippen molar-refractivity contribution in [3.63, 3.8) is 0 Å². The minimum absolute atomic E-state index is 0.0937. The molecular weight excluding hydrogens is 334 g/mol. The number of nitrogens with zero attached hydrogens (tertiary/aromatic N) is 5. The number of amides is 1. The normalized spacial score (nSPS) is 11.7. The van der Waals surface area contributed by atoms with E-state index in [-0.39, 0.29) is 5.82 Å². The molecule has 5 N–H and O–H groups in total. The van der Waals surface area contributed by atoms with Crippen LogP contribution in [0.3, 0.4) is 0 Å². The van der Waals surface area contributed by atoms with Gasteiger partial charge in [0, 0.05) is 18.5 Å². The molecule has 3 heterocycles. The summed E-state index contributed by atoms with van der Waals surface area (Å²) in [6.07, 6.45) is 4.93. The number of aryl methyl sites for hydroxylation is 1. The number of carbonyl (C=O) groups is 1. The van der Waals surface area contributed by atoms with Crippen LogP contribution in [0.25, 0.3) is 22.7 Å². The van der Waals surface area contributed by atoms with Gasteiger partial charge in [-0.2, -0.15) is 5.10 Å². The summed E-state index contributed by atoms with van der Waals surface area (Å²) in [7, 11) is 0. The number of H-pyrrole nitrogens is 1. The van der Waals surface area contributed by atoms with Gasteiger partial charge in [-0.3, -0.25) is 19.3 Å². The number of fused-ring (bicyclic) bond motifs is 1. The van der Waals surface area contributed by atoms with Gasteiger partial charge in [0.25, 0.3) is 5.91 Å². The van der Waals surface area contributed by atoms with Crippen molar-refractivity contribution in [2.75, 3.05) is 6.54 Å². The predicted octanol–water partition coefficient (Wildman–Crippen LogP) is 0.912. The molecule has 0 aliphatic rings. The smallest absolute Gasteiger partial charge is 0.285 e. The second-order valence-electron chi connectivity index (χ2n) is 5.71. The van der Waals surface area contributed by atoms with Gasteiger partial charge in [-0.05, 0) is 26.8 Å². The van der Waals surface area contributed by atoms with Crippen molar-refractivity contribution >= 4 is 22.8 Å². The number of aromatic nitrogens is 6. The maximum atomic E-state index is 11.7. The summed E-state index contributed by atoms with van der Waals surface area (Å²) in [6, 6.07) is 0. The van der Waals surface area contributed by atoms with Crippen molar-refractivity contribution < 1.29 is 4.79 Å². The Morgan fingerprint density at radius 1 is 1.46 bits per heavy atom. The molecule has 134 valence electrons. The van der Waals surface area contributed by atoms with Gasteiger partial charge in [-0.15, -0.1) is 0 Å². The number of allylic oxidation sites excluding steroid dienone is 1. The summed E-state index contributed by atoms with van der Waals surface area (Å²) in [5, 5.41) is 17.8. The SMILES string of the molecule is CCN/C(=C\C(C)=N)c1n[nH]c(-c2nc(C(N)=O)n3cc(C)ncc23)n1. The standard InChI is InChI=1S/C16H19N9O/c1-4-19-10(5-8(2)17)14-22-15(24-23-14)12-11-6-20-9(3)7-25(11)16(21-12)13(18)26/h5-7,17,19H,4H2,1-3H3,(H2,18,26)(H,22,23,24)/b10-5-,17-8?. The molecule has 0 aliphatic carbocycles. The van der Waals surface area contributed by atoms with Crippen LogP contribution in [0.4, 0.5) is 0 Å². The minimum atomic E-state index is -0.649. The van der Waals surface area contributed by atoms with E-state index in [0.29, 0.717) is 40.8 Å². The lowest BCUT2D eigenvalue weighted by molar-refractivity contribution is 0.0990. The van der Waals surface area contributed by atoms with Gasteiger partial charge in [0.1, 0.15) is 5.69 Å². The second-order valence-corrected chi connectivity index (χ2v) is 5.71. The highest BCUT2D eigenvalue weighted by atomic mass is 16.1. The average Bonchev–Trinajstić information content (AvgIpc) is 3.18. The predicted molar refractivity (Wildman–Crippen MR) is 96.7 cm³/mol. The first kappa shape index (κ1) is 17.3. The van der Waals surface area contributed by atoms with Gasteiger partial charge in [0.2, 0.25) is 5.82 Å². The molecule has 0 saturated heterocycles. The van der Waals surface area contributed by atoms with Crippen LogP contribution < -0.4 is 11.1 Å². The molecule has 0 atom stereocenters. The molecule has 10 nitrogen and oxygen atoms in total. The zero-order valence-electron chi connectivity index (χ0n) is 14.7. The van der Waals surface area contributed by atoms with Crippen molar-refractivity contribution in [1.82, 2.24) is 34.9 Å². The van der Waals surface area contributed by atoms with Crippen LogP contribution in [0.15, 0.2) is 18.5 Å². The highest BCUT2D eigenvalue weighted by Crippen LogP contribution is 2.22. The number of aromatic amines is 1. The maximum Gasteiger partial charge on any atom is 0.285 e. The molecule has 0 fully saturated rings. The molecule has 10 heteroatoms. The number of nitrogens with two attached hydrogens (primary N) is 1.